The van der Waals surface area contributed by atoms with E-state index in [-0.39, 0.29) is 65.5 Å². The van der Waals surface area contributed by atoms with Crippen LogP contribution in [0.3, 0.4) is 0 Å². The number of aromatic nitrogens is 4. The average molecular weight is 525 g/mol. The summed E-state index contributed by atoms with van der Waals surface area (Å²) >= 11 is 0. The number of aromatic amines is 1. The van der Waals surface area contributed by atoms with Crippen LogP contribution in [0.25, 0.3) is 22.4 Å². The minimum Gasteiger partial charge on any atom is -0.493 e. The van der Waals surface area contributed by atoms with Crippen LogP contribution in [0.1, 0.15) is 62.5 Å². The van der Waals surface area contributed by atoms with E-state index in [4.69, 9.17) is 15.7 Å². The number of H-pyrrole nitrogens is 1. The summed E-state index contributed by atoms with van der Waals surface area (Å²) in [6.07, 6.45) is -0.966. The first kappa shape index (κ1) is 17.7. The quantitative estimate of drug-likeness (QED) is 0.395. The summed E-state index contributed by atoms with van der Waals surface area (Å²) in [5, 5.41) is 4.29. The topological polar surface area (TPSA) is 122 Å². The molecule has 3 aromatic rings. The molecule has 36 heavy (non-hydrogen) atoms. The number of fused-ring (bicyclic) bond motifs is 1. The van der Waals surface area contributed by atoms with Gasteiger partial charge in [0, 0.05) is 30.6 Å². The highest BCUT2D eigenvalue weighted by molar-refractivity contribution is 7.89. The molecule has 1 aliphatic rings. The molecule has 1 saturated heterocycles. The van der Waals surface area contributed by atoms with Gasteiger partial charge in [-0.15, -0.1) is 0 Å². The summed E-state index contributed by atoms with van der Waals surface area (Å²) in [5.41, 5.74) is 0.158. The van der Waals surface area contributed by atoms with E-state index in [0.29, 0.717) is 18.5 Å². The van der Waals surface area contributed by atoms with Crippen LogP contribution in [-0.4, -0.2) is 65.8 Å². The molecule has 1 fully saturated rings. The first-order valence-corrected chi connectivity index (χ1v) is 13.3. The zero-order valence-corrected chi connectivity index (χ0v) is 21.1. The molecule has 0 radical (unpaired) electrons. The molecular formula is C25H36N6O4S. The van der Waals surface area contributed by atoms with Crippen molar-refractivity contribution < 1.29 is 24.1 Å². The van der Waals surface area contributed by atoms with E-state index in [1.807, 2.05) is 6.92 Å². The van der Waals surface area contributed by atoms with Gasteiger partial charge in [-0.1, -0.05) is 20.2 Å². The van der Waals surface area contributed by atoms with Crippen LogP contribution in [0.5, 0.6) is 5.75 Å². The number of aryl methyl sites for hydroxylation is 2. The van der Waals surface area contributed by atoms with Crippen molar-refractivity contribution in [2.75, 3.05) is 26.7 Å². The first-order chi connectivity index (χ1) is 20.3. The second-order valence-electron chi connectivity index (χ2n) is 8.57. The van der Waals surface area contributed by atoms with Crippen molar-refractivity contribution in [2.24, 2.45) is 7.05 Å². The van der Waals surface area contributed by atoms with Crippen LogP contribution in [0.2, 0.25) is 0 Å². The second-order valence-corrected chi connectivity index (χ2v) is 10.3. The van der Waals surface area contributed by atoms with Crippen LogP contribution in [-0.2, 0) is 23.5 Å². The molecule has 2 N–H and O–H groups in total. The third kappa shape index (κ3) is 5.47. The van der Waals surface area contributed by atoms with Gasteiger partial charge in [0.15, 0.2) is 5.52 Å². The van der Waals surface area contributed by atoms with Crippen LogP contribution >= 0.6 is 0 Å². The first-order valence-electron chi connectivity index (χ1n) is 15.8. The van der Waals surface area contributed by atoms with E-state index in [0.717, 1.165) is 4.90 Å². The van der Waals surface area contributed by atoms with E-state index in [1.165, 1.54) is 29.9 Å². The normalized spacial score (nSPS) is 21.1. The Bertz CT molecular complexity index is 1670. The van der Waals surface area contributed by atoms with Crippen molar-refractivity contribution in [3.8, 4) is 17.1 Å². The van der Waals surface area contributed by atoms with Crippen LogP contribution in [0.15, 0.2) is 27.9 Å². The Labute approximate surface area is 223 Å². The monoisotopic (exact) mass is 524 g/mol. The minimum atomic E-state index is -4.33. The molecule has 0 spiro atoms. The maximum absolute atomic E-state index is 13.4. The van der Waals surface area contributed by atoms with Crippen molar-refractivity contribution in [1.29, 1.82) is 0 Å². The van der Waals surface area contributed by atoms with E-state index in [1.54, 1.807) is 0 Å². The fourth-order valence-corrected chi connectivity index (χ4v) is 5.14. The lowest BCUT2D eigenvalue weighted by Crippen LogP contribution is -2.31. The molecule has 2 aromatic heterocycles. The van der Waals surface area contributed by atoms with Crippen molar-refractivity contribution in [1.82, 2.24) is 29.4 Å². The fourth-order valence-electron chi connectivity index (χ4n) is 4.18. The SMILES string of the molecule is [2H]C([2H])([2H])CCc1nn(C)c2c(=O)[nH]c(-c3cc(S(=O)(=O)NCC([2H])([2H])C4CCCN4C([2H])([2H])[2H])ccc3OCCC)nc12. The largest absolute Gasteiger partial charge is 0.493 e. The molecule has 10 nitrogen and oxygen atoms in total. The van der Waals surface area contributed by atoms with Gasteiger partial charge in [0.1, 0.15) is 17.1 Å². The number of rotatable bonds is 11. The molecule has 1 atom stereocenters. The van der Waals surface area contributed by atoms with Crippen LogP contribution in [0.4, 0.5) is 0 Å². The smallest absolute Gasteiger partial charge is 0.277 e. The number of hydrogen-bond donors (Lipinski definition) is 2. The number of sulfonamides is 1. The van der Waals surface area contributed by atoms with E-state index < -0.39 is 48.4 Å². The van der Waals surface area contributed by atoms with E-state index >= 15 is 0 Å². The summed E-state index contributed by atoms with van der Waals surface area (Å²) in [5.74, 6) is 0.208. The number of ether oxygens (including phenoxy) is 1. The minimum absolute atomic E-state index is 0.0246. The molecule has 1 aromatic carbocycles. The maximum atomic E-state index is 13.4. The molecule has 1 unspecified atom stereocenters. The number of likely N-dealkylation sites (tertiary alicyclic amines) is 1. The fraction of sp³-hybridized carbons (Fsp3) is 0.560. The van der Waals surface area contributed by atoms with Gasteiger partial charge in [0.25, 0.3) is 5.56 Å². The Kier molecular flexibility index (Phi) is 5.44. The van der Waals surface area contributed by atoms with Crippen LogP contribution in [0, 0.1) is 0 Å². The Morgan fingerprint density at radius 3 is 3.00 bits per heavy atom. The lowest BCUT2D eigenvalue weighted by atomic mass is 10.1. The highest BCUT2D eigenvalue weighted by Gasteiger charge is 2.23. The summed E-state index contributed by atoms with van der Waals surface area (Å²) < 4.78 is 98.9. The van der Waals surface area contributed by atoms with Crippen molar-refractivity contribution >= 4 is 21.1 Å². The highest BCUT2D eigenvalue weighted by Crippen LogP contribution is 2.31. The Balaban J connectivity index is 1.71. The number of nitrogens with one attached hydrogen (secondary N) is 2. The average Bonchev–Trinajstić information content (AvgIpc) is 3.55. The standard InChI is InChI=1S/C25H36N6O4S/c1-5-8-20-22-23(31(4)29-20)25(32)28-24(27-22)19-16-18(10-11-21(19)35-15-6-2)36(33,34)26-13-12-17-9-7-14-30(17)3/h10-11,16-17,26H,5-9,12-15H2,1-4H3,(H,27,28,32)/i1D3,3D3,12D2. The molecule has 0 saturated carbocycles. The molecule has 1 aliphatic heterocycles. The molecule has 0 amide bonds. The Morgan fingerprint density at radius 1 is 1.36 bits per heavy atom. The van der Waals surface area contributed by atoms with E-state index in [9.17, 15) is 13.2 Å². The van der Waals surface area contributed by atoms with Gasteiger partial charge in [-0.3, -0.25) is 9.48 Å². The molecule has 0 bridgehead atoms. The summed E-state index contributed by atoms with van der Waals surface area (Å²) in [6.45, 7) is -3.05. The molecule has 4 rings (SSSR count). The predicted molar refractivity (Wildman–Crippen MR) is 140 cm³/mol. The zero-order chi connectivity index (χ0) is 32.7. The molecular weight excluding hydrogens is 480 g/mol. The third-order valence-corrected chi connectivity index (χ3v) is 7.35. The van der Waals surface area contributed by atoms with Gasteiger partial charge in [-0.25, -0.2) is 18.1 Å². The van der Waals surface area contributed by atoms with Gasteiger partial charge < -0.3 is 14.6 Å². The number of hydrogen-bond acceptors (Lipinski definition) is 7. The Hall–Kier alpha value is -2.76. The highest BCUT2D eigenvalue weighted by atomic mass is 32.2. The molecule has 0 aliphatic carbocycles. The summed E-state index contributed by atoms with van der Waals surface area (Å²) in [7, 11) is -2.79. The van der Waals surface area contributed by atoms with Gasteiger partial charge in [-0.2, -0.15) is 5.10 Å². The van der Waals surface area contributed by atoms with Gasteiger partial charge in [0.05, 0.1) is 22.8 Å². The van der Waals surface area contributed by atoms with Crippen LogP contribution < -0.4 is 15.0 Å². The van der Waals surface area contributed by atoms with Crippen molar-refractivity contribution in [3.05, 3.63) is 34.2 Å². The molecule has 196 valence electrons. The van der Waals surface area contributed by atoms with Gasteiger partial charge in [-0.05, 0) is 63.8 Å². The zero-order valence-electron chi connectivity index (χ0n) is 28.3. The number of nitrogens with zero attached hydrogens (tertiary/aromatic N) is 4. The van der Waals surface area contributed by atoms with Gasteiger partial charge >= 0.3 is 0 Å². The van der Waals surface area contributed by atoms with Crippen molar-refractivity contribution in [2.45, 2.75) is 63.2 Å². The Morgan fingerprint density at radius 2 is 2.22 bits per heavy atom. The number of benzene rings is 1. The summed E-state index contributed by atoms with van der Waals surface area (Å²) in [6, 6.07) is 2.93. The lowest BCUT2D eigenvalue weighted by Gasteiger charge is -2.19. The molecule has 3 heterocycles. The summed E-state index contributed by atoms with van der Waals surface area (Å²) in [4.78, 5) is 21.2. The lowest BCUT2D eigenvalue weighted by molar-refractivity contribution is 0.297. The van der Waals surface area contributed by atoms with E-state index in [2.05, 4.69) is 19.8 Å². The third-order valence-electron chi connectivity index (χ3n) is 5.96. The molecule has 11 heteroatoms. The predicted octanol–water partition coefficient (Wildman–Crippen LogP) is 2.83. The van der Waals surface area contributed by atoms with Crippen molar-refractivity contribution in [3.63, 3.8) is 0 Å². The second kappa shape index (κ2) is 11.1. The maximum Gasteiger partial charge on any atom is 0.277 e. The van der Waals surface area contributed by atoms with Gasteiger partial charge in [0.2, 0.25) is 10.0 Å².